The Kier molecular flexibility index (Phi) is 9.07. The van der Waals surface area contributed by atoms with E-state index in [-0.39, 0.29) is 23.9 Å². The van der Waals surface area contributed by atoms with Crippen LogP contribution in [0.3, 0.4) is 0 Å². The second kappa shape index (κ2) is 14.4. The molecule has 2 unspecified atom stereocenters. The van der Waals surface area contributed by atoms with Gasteiger partial charge in [-0.2, -0.15) is 0 Å². The van der Waals surface area contributed by atoms with E-state index in [1.807, 2.05) is 95.0 Å². The van der Waals surface area contributed by atoms with Crippen molar-refractivity contribution in [1.29, 1.82) is 0 Å². The molecule has 256 valence electrons. The number of carbonyl (C=O) groups excluding carboxylic acids is 2. The number of hydrogen-bond acceptors (Lipinski definition) is 7. The molecule has 11 nitrogen and oxygen atoms in total. The summed E-state index contributed by atoms with van der Waals surface area (Å²) in [6.45, 7) is 1.44. The lowest BCUT2D eigenvalue weighted by atomic mass is 10.1. The van der Waals surface area contributed by atoms with Gasteiger partial charge in [0.2, 0.25) is 11.8 Å². The van der Waals surface area contributed by atoms with E-state index in [1.165, 1.54) is 0 Å². The first-order chi connectivity index (χ1) is 25.1. The minimum Gasteiger partial charge on any atom is -0.457 e. The fourth-order valence-electron chi connectivity index (χ4n) is 7.13. The zero-order chi connectivity index (χ0) is 34.6. The Morgan fingerprint density at radius 1 is 0.647 bits per heavy atom. The molecule has 2 atom stereocenters. The van der Waals surface area contributed by atoms with Crippen LogP contribution in [0, 0.1) is 0 Å². The summed E-state index contributed by atoms with van der Waals surface area (Å²) < 4.78 is 6.25. The summed E-state index contributed by atoms with van der Waals surface area (Å²) in [4.78, 5) is 54.7. The number of rotatable bonds is 10. The maximum atomic E-state index is 13.2. The molecule has 11 heteroatoms. The van der Waals surface area contributed by atoms with Gasteiger partial charge in [-0.15, -0.1) is 0 Å². The van der Waals surface area contributed by atoms with E-state index in [0.29, 0.717) is 24.3 Å². The van der Waals surface area contributed by atoms with Crippen LogP contribution < -0.4 is 4.74 Å². The lowest BCUT2D eigenvalue weighted by Gasteiger charge is -2.23. The highest BCUT2D eigenvalue weighted by molar-refractivity contribution is 5.80. The lowest BCUT2D eigenvalue weighted by molar-refractivity contribution is -0.132. The monoisotopic (exact) mass is 678 g/mol. The zero-order valence-corrected chi connectivity index (χ0v) is 28.1. The average molecular weight is 679 g/mol. The maximum absolute atomic E-state index is 13.2. The fourth-order valence-corrected chi connectivity index (χ4v) is 7.13. The third-order valence-corrected chi connectivity index (χ3v) is 9.67. The Morgan fingerprint density at radius 2 is 1.22 bits per heavy atom. The second-order valence-electron chi connectivity index (χ2n) is 13.1. The number of nitrogens with one attached hydrogen (secondary N) is 2. The molecular weight excluding hydrogens is 640 g/mol. The topological polar surface area (TPSA) is 133 Å². The summed E-state index contributed by atoms with van der Waals surface area (Å²) in [5.74, 6) is 3.18. The number of aromatic amines is 2. The van der Waals surface area contributed by atoms with E-state index in [4.69, 9.17) is 9.72 Å². The molecule has 2 aliphatic heterocycles. The van der Waals surface area contributed by atoms with Gasteiger partial charge < -0.3 is 24.5 Å². The molecular formula is C40H38N8O3. The van der Waals surface area contributed by atoms with Crippen molar-refractivity contribution in [2.45, 2.75) is 50.6 Å². The van der Waals surface area contributed by atoms with Crippen molar-refractivity contribution < 1.29 is 14.3 Å². The van der Waals surface area contributed by atoms with Gasteiger partial charge in [-0.05, 0) is 90.9 Å². The van der Waals surface area contributed by atoms with Crippen molar-refractivity contribution in [2.24, 2.45) is 0 Å². The Labute approximate surface area is 295 Å². The fraction of sp³-hybridized carbons (Fsp3) is 0.250. The minimum atomic E-state index is -0.0798. The summed E-state index contributed by atoms with van der Waals surface area (Å²) in [5, 5.41) is 0. The Morgan fingerprint density at radius 3 is 1.76 bits per heavy atom. The van der Waals surface area contributed by atoms with E-state index < -0.39 is 0 Å². The Hall–Kier alpha value is -6.10. The number of H-pyrrole nitrogens is 2. The number of pyridine rings is 2. The number of benzene rings is 2. The number of nitrogens with zero attached hydrogens (tertiary/aromatic N) is 6. The van der Waals surface area contributed by atoms with Crippen molar-refractivity contribution in [2.75, 3.05) is 13.1 Å². The lowest BCUT2D eigenvalue weighted by Crippen LogP contribution is -2.32. The van der Waals surface area contributed by atoms with Gasteiger partial charge in [0.15, 0.2) is 0 Å². The van der Waals surface area contributed by atoms with Crippen LogP contribution >= 0.6 is 0 Å². The number of carbonyl (C=O) groups is 2. The van der Waals surface area contributed by atoms with Gasteiger partial charge in [-0.25, -0.2) is 9.97 Å². The molecule has 0 spiro atoms. The number of hydrogen-bond donors (Lipinski definition) is 2. The van der Waals surface area contributed by atoms with Gasteiger partial charge in [0.25, 0.3) is 0 Å². The largest absolute Gasteiger partial charge is 0.457 e. The highest BCUT2D eigenvalue weighted by Gasteiger charge is 2.33. The van der Waals surface area contributed by atoms with Crippen LogP contribution in [0.25, 0.3) is 22.5 Å². The van der Waals surface area contributed by atoms with Crippen LogP contribution in [0.15, 0.2) is 110 Å². The molecule has 2 N–H and O–H groups in total. The van der Waals surface area contributed by atoms with Gasteiger partial charge >= 0.3 is 0 Å². The second-order valence-corrected chi connectivity index (χ2v) is 13.1. The van der Waals surface area contributed by atoms with Gasteiger partial charge in [-0.3, -0.25) is 19.6 Å². The zero-order valence-electron chi connectivity index (χ0n) is 28.1. The molecule has 2 aliphatic rings. The highest BCUT2D eigenvalue weighted by atomic mass is 16.5. The van der Waals surface area contributed by atoms with Crippen LogP contribution in [0.1, 0.15) is 60.5 Å². The molecule has 0 aliphatic carbocycles. The first kappa shape index (κ1) is 32.1. The summed E-state index contributed by atoms with van der Waals surface area (Å²) >= 11 is 0. The number of amides is 2. The molecule has 2 saturated heterocycles. The molecule has 0 saturated carbocycles. The summed E-state index contributed by atoms with van der Waals surface area (Å²) in [7, 11) is 0. The molecule has 4 aromatic heterocycles. The predicted molar refractivity (Wildman–Crippen MR) is 191 cm³/mol. The molecule has 0 bridgehead atoms. The first-order valence-electron chi connectivity index (χ1n) is 17.4. The number of imidazole rings is 2. The summed E-state index contributed by atoms with van der Waals surface area (Å²) in [6, 6.07) is 23.2. The molecule has 6 heterocycles. The highest BCUT2D eigenvalue weighted by Crippen LogP contribution is 2.35. The molecule has 0 radical (unpaired) electrons. The third-order valence-electron chi connectivity index (χ3n) is 9.67. The molecule has 2 amide bonds. The molecule has 2 aromatic carbocycles. The average Bonchev–Trinajstić information content (AvgIpc) is 3.99. The number of aromatic nitrogens is 6. The van der Waals surface area contributed by atoms with Gasteiger partial charge in [0.05, 0.1) is 48.7 Å². The van der Waals surface area contributed by atoms with E-state index in [9.17, 15) is 9.59 Å². The number of likely N-dealkylation sites (tertiary alicyclic amines) is 2. The normalized spacial score (nSPS) is 17.2. The van der Waals surface area contributed by atoms with Gasteiger partial charge in [0, 0.05) is 43.4 Å². The van der Waals surface area contributed by atoms with Crippen LogP contribution in [0.4, 0.5) is 0 Å². The van der Waals surface area contributed by atoms with Crippen LogP contribution in [0.2, 0.25) is 0 Å². The maximum Gasteiger partial charge on any atom is 0.227 e. The molecule has 6 aromatic rings. The summed E-state index contributed by atoms with van der Waals surface area (Å²) in [5.41, 5.74) is 5.50. The van der Waals surface area contributed by atoms with Crippen molar-refractivity contribution in [3.05, 3.63) is 133 Å². The first-order valence-corrected chi connectivity index (χ1v) is 17.4. The van der Waals surface area contributed by atoms with Gasteiger partial charge in [0.1, 0.15) is 23.1 Å². The van der Waals surface area contributed by atoms with Crippen LogP contribution in [0.5, 0.6) is 11.5 Å². The van der Waals surface area contributed by atoms with Crippen molar-refractivity contribution in [3.63, 3.8) is 0 Å². The molecule has 8 rings (SSSR count). The van der Waals surface area contributed by atoms with Crippen molar-refractivity contribution >= 4 is 11.8 Å². The SMILES string of the molecule is O=C(Cc1cccnc1)N1CCCC1c1ncc(-c2ccc(Oc3cccc(-c4cnc(C5CCCN5C(=O)Cc5cccnc5)[nH]4)c3)cc2)[nH]1. The third kappa shape index (κ3) is 7.14. The van der Waals surface area contributed by atoms with E-state index in [0.717, 1.165) is 84.1 Å². The van der Waals surface area contributed by atoms with Crippen LogP contribution in [-0.4, -0.2) is 64.6 Å². The smallest absolute Gasteiger partial charge is 0.227 e. The van der Waals surface area contributed by atoms with E-state index in [1.54, 1.807) is 24.8 Å². The van der Waals surface area contributed by atoms with Crippen molar-refractivity contribution in [1.82, 2.24) is 39.7 Å². The Bertz CT molecular complexity index is 2110. The molecule has 2 fully saturated rings. The van der Waals surface area contributed by atoms with Crippen molar-refractivity contribution in [3.8, 4) is 34.0 Å². The molecule has 51 heavy (non-hydrogen) atoms. The standard InChI is InChI=1S/C40H38N8O3/c49-37(20-27-6-2-16-41-23-27)47-18-4-10-35(47)39-43-25-33(45-39)29-12-14-31(15-13-29)51-32-9-1-8-30(22-32)34-26-44-40(46-34)36-11-5-19-48(36)38(50)21-28-7-3-17-42-24-28/h1-3,6-9,12-17,22-26,35-36H,4-5,10-11,18-21H2,(H,43,45)(H,44,46). The van der Waals surface area contributed by atoms with Crippen LogP contribution in [-0.2, 0) is 22.4 Å². The van der Waals surface area contributed by atoms with Gasteiger partial charge in [-0.1, -0.05) is 24.3 Å². The van der Waals surface area contributed by atoms with E-state index >= 15 is 0 Å². The predicted octanol–water partition coefficient (Wildman–Crippen LogP) is 6.86. The minimum absolute atomic E-state index is 0.0687. The summed E-state index contributed by atoms with van der Waals surface area (Å²) in [6.07, 6.45) is 14.9. The number of ether oxygens (including phenoxy) is 1. The van der Waals surface area contributed by atoms with E-state index in [2.05, 4.69) is 24.9 Å². The quantitative estimate of drug-likeness (QED) is 0.162. The Balaban J connectivity index is 0.905.